The summed E-state index contributed by atoms with van der Waals surface area (Å²) in [6.45, 7) is 3.57. The molecule has 0 spiro atoms. The monoisotopic (exact) mass is 186 g/mol. The van der Waals surface area contributed by atoms with Crippen LogP contribution >= 0.6 is 0 Å². The fourth-order valence-electron chi connectivity index (χ4n) is 2.03. The average Bonchev–Trinajstić information content (AvgIpc) is 2.13. The molecule has 1 rings (SSSR count). The van der Waals surface area contributed by atoms with Crippen LogP contribution in [0.4, 0.5) is 0 Å². The Kier molecular flexibility index (Phi) is 3.11. The summed E-state index contributed by atoms with van der Waals surface area (Å²) in [6.07, 6.45) is 0.947. The number of allylic oxidation sites excluding steroid dienone is 1. The summed E-state index contributed by atoms with van der Waals surface area (Å²) in [7, 11) is 0. The Morgan fingerprint density at radius 2 is 2.08 bits per heavy atom. The number of aliphatic hydroxyl groups is 3. The molecule has 0 aliphatic heterocycles. The molecule has 0 aromatic rings. The molecule has 1 aliphatic carbocycles. The smallest absolute Gasteiger partial charge is 0.0657 e. The van der Waals surface area contributed by atoms with Gasteiger partial charge in [-0.2, -0.15) is 0 Å². The third kappa shape index (κ3) is 1.64. The van der Waals surface area contributed by atoms with Crippen LogP contribution in [0.1, 0.15) is 26.7 Å². The first-order valence-corrected chi connectivity index (χ1v) is 4.65. The normalized spacial score (nSPS) is 35.3. The van der Waals surface area contributed by atoms with E-state index < -0.39 is 11.5 Å². The van der Waals surface area contributed by atoms with Gasteiger partial charge in [0.25, 0.3) is 0 Å². The molecule has 1 aliphatic rings. The van der Waals surface area contributed by atoms with Crippen LogP contribution in [0.3, 0.4) is 0 Å². The van der Waals surface area contributed by atoms with Crippen molar-refractivity contribution in [2.24, 2.45) is 5.41 Å². The van der Waals surface area contributed by atoms with Crippen molar-refractivity contribution >= 4 is 0 Å². The van der Waals surface area contributed by atoms with Gasteiger partial charge < -0.3 is 15.3 Å². The van der Waals surface area contributed by atoms with Crippen molar-refractivity contribution in [2.75, 3.05) is 13.2 Å². The molecule has 0 aromatic carbocycles. The van der Waals surface area contributed by atoms with E-state index in [2.05, 4.69) is 0 Å². The molecule has 13 heavy (non-hydrogen) atoms. The van der Waals surface area contributed by atoms with E-state index in [9.17, 15) is 10.2 Å². The number of rotatable bonds is 2. The van der Waals surface area contributed by atoms with Gasteiger partial charge in [0.15, 0.2) is 0 Å². The van der Waals surface area contributed by atoms with Crippen molar-refractivity contribution in [3.05, 3.63) is 11.1 Å². The van der Waals surface area contributed by atoms with Gasteiger partial charge in [0.05, 0.1) is 19.3 Å². The number of hydrogen-bond donors (Lipinski definition) is 3. The molecule has 0 fully saturated rings. The van der Waals surface area contributed by atoms with Crippen LogP contribution in [0.25, 0.3) is 0 Å². The Labute approximate surface area is 78.7 Å². The van der Waals surface area contributed by atoms with E-state index in [0.717, 1.165) is 17.6 Å². The highest BCUT2D eigenvalue weighted by molar-refractivity contribution is 5.26. The van der Waals surface area contributed by atoms with Crippen molar-refractivity contribution in [3.63, 3.8) is 0 Å². The summed E-state index contributed by atoms with van der Waals surface area (Å²) >= 11 is 0. The fraction of sp³-hybridized carbons (Fsp3) is 0.800. The zero-order valence-electron chi connectivity index (χ0n) is 8.25. The maximum absolute atomic E-state index is 9.74. The van der Waals surface area contributed by atoms with Crippen LogP contribution in [-0.2, 0) is 0 Å². The predicted molar refractivity (Wildman–Crippen MR) is 50.2 cm³/mol. The molecular weight excluding hydrogens is 168 g/mol. The van der Waals surface area contributed by atoms with Gasteiger partial charge in [-0.1, -0.05) is 12.5 Å². The lowest BCUT2D eigenvalue weighted by Crippen LogP contribution is -2.41. The van der Waals surface area contributed by atoms with Crippen molar-refractivity contribution in [1.29, 1.82) is 0 Å². The Morgan fingerprint density at radius 1 is 1.46 bits per heavy atom. The van der Waals surface area contributed by atoms with Crippen LogP contribution in [0.15, 0.2) is 11.1 Å². The Morgan fingerprint density at radius 3 is 2.46 bits per heavy atom. The molecule has 0 bridgehead atoms. The second-order valence-electron chi connectivity index (χ2n) is 4.05. The van der Waals surface area contributed by atoms with E-state index in [0.29, 0.717) is 6.42 Å². The summed E-state index contributed by atoms with van der Waals surface area (Å²) in [5.41, 5.74) is 1.26. The van der Waals surface area contributed by atoms with Crippen LogP contribution in [0.5, 0.6) is 0 Å². The minimum Gasteiger partial charge on any atom is -0.395 e. The van der Waals surface area contributed by atoms with E-state index in [1.807, 2.05) is 6.92 Å². The second-order valence-corrected chi connectivity index (χ2v) is 4.05. The lowest BCUT2D eigenvalue weighted by molar-refractivity contribution is 0.000797. The van der Waals surface area contributed by atoms with Gasteiger partial charge in [0.2, 0.25) is 0 Å². The standard InChI is InChI=1S/C10H18O3/c1-7-3-4-9(13)10(2,6-12)8(7)5-11/h9,11-13H,3-6H2,1-2H3. The van der Waals surface area contributed by atoms with E-state index >= 15 is 0 Å². The van der Waals surface area contributed by atoms with Gasteiger partial charge in [-0.15, -0.1) is 0 Å². The highest BCUT2D eigenvalue weighted by Crippen LogP contribution is 2.39. The van der Waals surface area contributed by atoms with Crippen molar-refractivity contribution in [3.8, 4) is 0 Å². The Hall–Kier alpha value is -0.380. The maximum Gasteiger partial charge on any atom is 0.0657 e. The van der Waals surface area contributed by atoms with Crippen molar-refractivity contribution < 1.29 is 15.3 Å². The van der Waals surface area contributed by atoms with Gasteiger partial charge in [-0.25, -0.2) is 0 Å². The topological polar surface area (TPSA) is 60.7 Å². The molecule has 0 radical (unpaired) electrons. The lowest BCUT2D eigenvalue weighted by Gasteiger charge is -2.39. The molecule has 2 atom stereocenters. The quantitative estimate of drug-likeness (QED) is 0.549. The highest BCUT2D eigenvalue weighted by Gasteiger charge is 2.39. The Balaban J connectivity index is 3.05. The molecule has 3 nitrogen and oxygen atoms in total. The largest absolute Gasteiger partial charge is 0.395 e. The summed E-state index contributed by atoms with van der Waals surface area (Å²) < 4.78 is 0. The van der Waals surface area contributed by atoms with Crippen LogP contribution in [-0.4, -0.2) is 34.6 Å². The van der Waals surface area contributed by atoms with Crippen molar-refractivity contribution in [2.45, 2.75) is 32.8 Å². The summed E-state index contributed by atoms with van der Waals surface area (Å²) in [5, 5.41) is 28.1. The minimum atomic E-state index is -0.642. The molecule has 76 valence electrons. The Bertz CT molecular complexity index is 222. The number of aliphatic hydroxyl groups excluding tert-OH is 3. The second kappa shape index (κ2) is 3.78. The molecule has 3 heteroatoms. The molecule has 0 saturated heterocycles. The van der Waals surface area contributed by atoms with E-state index in [4.69, 9.17) is 5.11 Å². The first-order chi connectivity index (χ1) is 6.06. The van der Waals surface area contributed by atoms with Gasteiger partial charge in [0.1, 0.15) is 0 Å². The molecular formula is C10H18O3. The first-order valence-electron chi connectivity index (χ1n) is 4.65. The van der Waals surface area contributed by atoms with Gasteiger partial charge in [-0.3, -0.25) is 0 Å². The lowest BCUT2D eigenvalue weighted by atomic mass is 9.70. The first kappa shape index (κ1) is 10.7. The highest BCUT2D eigenvalue weighted by atomic mass is 16.3. The summed E-state index contributed by atoms with van der Waals surface area (Å²) in [5.74, 6) is 0. The van der Waals surface area contributed by atoms with E-state index in [-0.39, 0.29) is 13.2 Å². The summed E-state index contributed by atoms with van der Waals surface area (Å²) in [4.78, 5) is 0. The van der Waals surface area contributed by atoms with Gasteiger partial charge in [0, 0.05) is 5.41 Å². The summed E-state index contributed by atoms with van der Waals surface area (Å²) in [6, 6.07) is 0. The maximum atomic E-state index is 9.74. The number of hydrogen-bond acceptors (Lipinski definition) is 3. The van der Waals surface area contributed by atoms with E-state index in [1.54, 1.807) is 6.92 Å². The molecule has 0 saturated carbocycles. The van der Waals surface area contributed by atoms with E-state index in [1.165, 1.54) is 0 Å². The zero-order valence-corrected chi connectivity index (χ0v) is 8.25. The van der Waals surface area contributed by atoms with Gasteiger partial charge in [-0.05, 0) is 25.3 Å². The zero-order chi connectivity index (χ0) is 10.1. The van der Waals surface area contributed by atoms with Crippen LogP contribution in [0, 0.1) is 5.41 Å². The SMILES string of the molecule is CC1=C(CO)C(C)(CO)C(O)CC1. The van der Waals surface area contributed by atoms with Gasteiger partial charge >= 0.3 is 0 Å². The third-order valence-corrected chi connectivity index (χ3v) is 3.22. The molecule has 0 heterocycles. The predicted octanol–water partition coefficient (Wildman–Crippen LogP) is 0.448. The fourth-order valence-corrected chi connectivity index (χ4v) is 2.03. The molecule has 3 N–H and O–H groups in total. The van der Waals surface area contributed by atoms with Crippen LogP contribution < -0.4 is 0 Å². The molecule has 0 amide bonds. The minimum absolute atomic E-state index is 0.0695. The average molecular weight is 186 g/mol. The van der Waals surface area contributed by atoms with Crippen LogP contribution in [0.2, 0.25) is 0 Å². The van der Waals surface area contributed by atoms with Crippen molar-refractivity contribution in [1.82, 2.24) is 0 Å². The third-order valence-electron chi connectivity index (χ3n) is 3.22. The molecule has 2 unspecified atom stereocenters. The molecule has 0 aromatic heterocycles.